The molecule has 25 heavy (non-hydrogen) atoms. The van der Waals surface area contributed by atoms with E-state index >= 15 is 0 Å². The fraction of sp³-hybridized carbons (Fsp3) is 0.706. The lowest BCUT2D eigenvalue weighted by Crippen LogP contribution is -2.45. The summed E-state index contributed by atoms with van der Waals surface area (Å²) in [7, 11) is 2.03. The van der Waals surface area contributed by atoms with Gasteiger partial charge in [-0.15, -0.1) is 0 Å². The van der Waals surface area contributed by atoms with Gasteiger partial charge in [-0.25, -0.2) is 14.8 Å². The van der Waals surface area contributed by atoms with Crippen LogP contribution in [0.1, 0.15) is 39.2 Å². The standard InChI is InChI=1S/C17H26Cl2N4O2/c1-17(2,3)25-16(24)23-7-5-6-12(10-23)9-22(4)11-13-8-20-15(19)21-14(13)18/h8,12H,5-7,9-11H2,1-4H3/t12-/m1/s1. The third-order valence-electron chi connectivity index (χ3n) is 3.96. The molecule has 1 atom stereocenters. The molecule has 0 aromatic carbocycles. The van der Waals surface area contributed by atoms with Crippen molar-refractivity contribution in [3.8, 4) is 0 Å². The Hall–Kier alpha value is -1.11. The Morgan fingerprint density at radius 3 is 2.80 bits per heavy atom. The number of carbonyl (C=O) groups excluding carboxylic acids is 1. The van der Waals surface area contributed by atoms with Crippen LogP contribution in [0.3, 0.4) is 0 Å². The molecule has 1 saturated heterocycles. The molecular formula is C17H26Cl2N4O2. The van der Waals surface area contributed by atoms with Crippen molar-refractivity contribution in [3.05, 3.63) is 22.2 Å². The second kappa shape index (κ2) is 8.52. The van der Waals surface area contributed by atoms with Crippen LogP contribution in [0.4, 0.5) is 4.79 Å². The molecule has 0 N–H and O–H groups in total. The first-order chi connectivity index (χ1) is 11.6. The number of hydrogen-bond donors (Lipinski definition) is 0. The molecule has 2 rings (SSSR count). The Labute approximate surface area is 159 Å². The quantitative estimate of drug-likeness (QED) is 0.578. The van der Waals surface area contributed by atoms with Crippen molar-refractivity contribution in [1.29, 1.82) is 0 Å². The second-order valence-electron chi connectivity index (χ2n) is 7.59. The van der Waals surface area contributed by atoms with Gasteiger partial charge in [-0.2, -0.15) is 0 Å². The fourth-order valence-corrected chi connectivity index (χ4v) is 3.34. The van der Waals surface area contributed by atoms with Gasteiger partial charge in [0, 0.05) is 37.9 Å². The van der Waals surface area contributed by atoms with Gasteiger partial charge in [-0.05, 0) is 58.2 Å². The average Bonchev–Trinajstić information content (AvgIpc) is 2.48. The van der Waals surface area contributed by atoms with Crippen LogP contribution >= 0.6 is 23.2 Å². The molecule has 0 saturated carbocycles. The lowest BCUT2D eigenvalue weighted by atomic mass is 9.97. The van der Waals surface area contributed by atoms with Gasteiger partial charge in [-0.3, -0.25) is 0 Å². The Balaban J connectivity index is 1.88. The molecule has 6 nitrogen and oxygen atoms in total. The minimum atomic E-state index is -0.466. The van der Waals surface area contributed by atoms with Crippen LogP contribution in [0.25, 0.3) is 0 Å². The lowest BCUT2D eigenvalue weighted by Gasteiger charge is -2.35. The summed E-state index contributed by atoms with van der Waals surface area (Å²) in [5.41, 5.74) is 0.375. The van der Waals surface area contributed by atoms with Crippen molar-refractivity contribution in [3.63, 3.8) is 0 Å². The Morgan fingerprint density at radius 2 is 2.16 bits per heavy atom. The molecule has 8 heteroatoms. The van der Waals surface area contributed by atoms with Crippen LogP contribution in [0.2, 0.25) is 10.4 Å². The molecule has 0 radical (unpaired) electrons. The predicted molar refractivity (Wildman–Crippen MR) is 98.9 cm³/mol. The molecule has 0 spiro atoms. The molecule has 1 aliphatic rings. The van der Waals surface area contributed by atoms with Crippen molar-refractivity contribution in [2.45, 2.75) is 45.8 Å². The molecule has 0 aliphatic carbocycles. The van der Waals surface area contributed by atoms with Gasteiger partial charge in [0.05, 0.1) is 0 Å². The van der Waals surface area contributed by atoms with E-state index in [0.717, 1.165) is 31.5 Å². The normalized spacial score (nSPS) is 18.5. The van der Waals surface area contributed by atoms with E-state index in [4.69, 9.17) is 27.9 Å². The molecule has 1 fully saturated rings. The summed E-state index contributed by atoms with van der Waals surface area (Å²) >= 11 is 11.8. The number of piperidine rings is 1. The molecule has 140 valence electrons. The van der Waals surface area contributed by atoms with E-state index in [0.29, 0.717) is 24.2 Å². The first-order valence-electron chi connectivity index (χ1n) is 8.47. The molecule has 1 aromatic rings. The minimum Gasteiger partial charge on any atom is -0.444 e. The highest BCUT2D eigenvalue weighted by atomic mass is 35.5. The van der Waals surface area contributed by atoms with Gasteiger partial charge in [0.15, 0.2) is 0 Å². The van der Waals surface area contributed by atoms with Crippen LogP contribution < -0.4 is 0 Å². The number of nitrogens with zero attached hydrogens (tertiary/aromatic N) is 4. The number of amides is 1. The Morgan fingerprint density at radius 1 is 1.44 bits per heavy atom. The van der Waals surface area contributed by atoms with Gasteiger partial charge in [0.1, 0.15) is 10.8 Å². The molecule has 2 heterocycles. The van der Waals surface area contributed by atoms with E-state index in [-0.39, 0.29) is 11.4 Å². The maximum Gasteiger partial charge on any atom is 0.410 e. The van der Waals surface area contributed by atoms with E-state index in [1.807, 2.05) is 32.7 Å². The van der Waals surface area contributed by atoms with Crippen molar-refractivity contribution >= 4 is 29.3 Å². The summed E-state index contributed by atoms with van der Waals surface area (Å²) in [6, 6.07) is 0. The van der Waals surface area contributed by atoms with Crippen LogP contribution in [-0.4, -0.2) is 58.1 Å². The number of halogens is 2. The van der Waals surface area contributed by atoms with Crippen molar-refractivity contribution in [2.24, 2.45) is 5.92 Å². The van der Waals surface area contributed by atoms with E-state index < -0.39 is 5.60 Å². The highest BCUT2D eigenvalue weighted by molar-refractivity contribution is 6.32. The first-order valence-corrected chi connectivity index (χ1v) is 9.23. The van der Waals surface area contributed by atoms with Crippen LogP contribution in [0.15, 0.2) is 6.20 Å². The van der Waals surface area contributed by atoms with E-state index in [1.54, 1.807) is 6.20 Å². The number of ether oxygens (including phenoxy) is 1. The summed E-state index contributed by atoms with van der Waals surface area (Å²) < 4.78 is 5.48. The number of rotatable bonds is 4. The maximum atomic E-state index is 12.3. The van der Waals surface area contributed by atoms with Crippen molar-refractivity contribution in [1.82, 2.24) is 19.8 Å². The van der Waals surface area contributed by atoms with Crippen molar-refractivity contribution in [2.75, 3.05) is 26.7 Å². The number of likely N-dealkylation sites (tertiary alicyclic amines) is 1. The third-order valence-corrected chi connectivity index (χ3v) is 4.47. The van der Waals surface area contributed by atoms with Gasteiger partial charge in [-0.1, -0.05) is 11.6 Å². The lowest BCUT2D eigenvalue weighted by molar-refractivity contribution is 0.0148. The zero-order chi connectivity index (χ0) is 18.6. The van der Waals surface area contributed by atoms with E-state index in [1.165, 1.54) is 0 Å². The highest BCUT2D eigenvalue weighted by Gasteiger charge is 2.28. The zero-order valence-corrected chi connectivity index (χ0v) is 16.8. The van der Waals surface area contributed by atoms with Gasteiger partial charge in [0.25, 0.3) is 0 Å². The summed E-state index contributed by atoms with van der Waals surface area (Å²) in [6.45, 7) is 8.63. The predicted octanol–water partition coefficient (Wildman–Crippen LogP) is 3.86. The van der Waals surface area contributed by atoms with E-state index in [2.05, 4.69) is 14.9 Å². The summed E-state index contributed by atoms with van der Waals surface area (Å²) in [5.74, 6) is 0.401. The van der Waals surface area contributed by atoms with Crippen LogP contribution in [-0.2, 0) is 11.3 Å². The molecular weight excluding hydrogens is 363 g/mol. The summed E-state index contributed by atoms with van der Waals surface area (Å²) in [4.78, 5) is 24.2. The number of hydrogen-bond acceptors (Lipinski definition) is 5. The topological polar surface area (TPSA) is 58.6 Å². The third kappa shape index (κ3) is 6.60. The Bertz CT molecular complexity index is 607. The monoisotopic (exact) mass is 388 g/mol. The van der Waals surface area contributed by atoms with E-state index in [9.17, 15) is 4.79 Å². The SMILES string of the molecule is CN(Cc1cnc(Cl)nc1Cl)C[C@H]1CCCN(C(=O)OC(C)(C)C)C1. The molecule has 0 unspecified atom stereocenters. The van der Waals surface area contributed by atoms with Gasteiger partial charge in [0.2, 0.25) is 5.28 Å². The second-order valence-corrected chi connectivity index (χ2v) is 8.28. The molecule has 1 amide bonds. The van der Waals surface area contributed by atoms with Crippen LogP contribution in [0.5, 0.6) is 0 Å². The number of aromatic nitrogens is 2. The van der Waals surface area contributed by atoms with Crippen molar-refractivity contribution < 1.29 is 9.53 Å². The summed E-state index contributed by atoms with van der Waals surface area (Å²) in [6.07, 6.45) is 3.51. The Kier molecular flexibility index (Phi) is 6.88. The smallest absolute Gasteiger partial charge is 0.410 e. The largest absolute Gasteiger partial charge is 0.444 e. The summed E-state index contributed by atoms with van der Waals surface area (Å²) in [5, 5.41) is 0.530. The molecule has 1 aromatic heterocycles. The number of carbonyl (C=O) groups is 1. The fourth-order valence-electron chi connectivity index (χ4n) is 2.97. The van der Waals surface area contributed by atoms with Gasteiger partial charge >= 0.3 is 6.09 Å². The van der Waals surface area contributed by atoms with Gasteiger partial charge < -0.3 is 14.5 Å². The maximum absolute atomic E-state index is 12.3. The average molecular weight is 389 g/mol. The minimum absolute atomic E-state index is 0.150. The molecule has 1 aliphatic heterocycles. The zero-order valence-electron chi connectivity index (χ0n) is 15.3. The highest BCUT2D eigenvalue weighted by Crippen LogP contribution is 2.21. The first kappa shape index (κ1) is 20.2. The van der Waals surface area contributed by atoms with Crippen LogP contribution in [0, 0.1) is 5.92 Å². The molecule has 0 bridgehead atoms.